The number of nitrogens with one attached hydrogen (secondary N) is 2. The molecule has 0 saturated carbocycles. The third-order valence-electron chi connectivity index (χ3n) is 3.73. The molecule has 0 bridgehead atoms. The maximum Gasteiger partial charge on any atom is 0.244 e. The molecule has 1 aromatic rings. The molecule has 0 aromatic carbocycles. The van der Waals surface area contributed by atoms with Crippen LogP contribution in [-0.4, -0.2) is 51.5 Å². The molecule has 0 aliphatic carbocycles. The topological polar surface area (TPSA) is 74.3 Å². The van der Waals surface area contributed by atoms with Gasteiger partial charge in [0.25, 0.3) is 0 Å². The van der Waals surface area contributed by atoms with Gasteiger partial charge in [-0.2, -0.15) is 0 Å². The summed E-state index contributed by atoms with van der Waals surface area (Å²) in [5.74, 6) is 0.373. The lowest BCUT2D eigenvalue weighted by molar-refractivity contribution is 0.211. The maximum atomic E-state index is 12.4. The summed E-state index contributed by atoms with van der Waals surface area (Å²) in [7, 11) is -1.45. The summed E-state index contributed by atoms with van der Waals surface area (Å²) in [6.07, 6.45) is 5.18. The van der Waals surface area contributed by atoms with Gasteiger partial charge in [0.15, 0.2) is 0 Å². The monoisotopic (exact) mass is 312 g/mol. The Hall–Kier alpha value is -1.18. The van der Waals surface area contributed by atoms with E-state index in [1.807, 2.05) is 6.92 Å². The van der Waals surface area contributed by atoms with Crippen molar-refractivity contribution in [3.8, 4) is 0 Å². The third-order valence-corrected chi connectivity index (χ3v) is 5.18. The molecule has 1 fully saturated rings. The van der Waals surface area contributed by atoms with Crippen LogP contribution in [0, 0.1) is 5.92 Å². The first-order valence-corrected chi connectivity index (χ1v) is 8.87. The molecule has 21 heavy (non-hydrogen) atoms. The van der Waals surface area contributed by atoms with Gasteiger partial charge in [-0.05, 0) is 45.3 Å². The number of anilines is 1. The van der Waals surface area contributed by atoms with Crippen molar-refractivity contribution in [2.45, 2.75) is 24.7 Å². The van der Waals surface area contributed by atoms with Gasteiger partial charge in [0.1, 0.15) is 4.90 Å². The second kappa shape index (κ2) is 7.20. The third kappa shape index (κ3) is 4.39. The van der Waals surface area contributed by atoms with Crippen LogP contribution in [0.2, 0.25) is 0 Å². The number of sulfonamides is 1. The Morgan fingerprint density at radius 3 is 3.00 bits per heavy atom. The predicted octanol–water partition coefficient (Wildman–Crippen LogP) is 1.13. The average molecular weight is 312 g/mol. The standard InChI is InChI=1S/C14H24N4O2S/c1-3-16-13-6-7-15-10-14(13)21(19,20)17-9-12-5-4-8-18(2)11-12/h6-7,10,12,17H,3-5,8-9,11H2,1-2H3,(H,15,16). The van der Waals surface area contributed by atoms with Crippen molar-refractivity contribution in [2.75, 3.05) is 38.5 Å². The van der Waals surface area contributed by atoms with Crippen LogP contribution in [0.1, 0.15) is 19.8 Å². The van der Waals surface area contributed by atoms with Crippen molar-refractivity contribution >= 4 is 15.7 Å². The van der Waals surface area contributed by atoms with Crippen LogP contribution in [0.3, 0.4) is 0 Å². The molecule has 2 N–H and O–H groups in total. The maximum absolute atomic E-state index is 12.4. The summed E-state index contributed by atoms with van der Waals surface area (Å²) in [5, 5.41) is 3.06. The molecule has 0 radical (unpaired) electrons. The number of pyridine rings is 1. The zero-order valence-corrected chi connectivity index (χ0v) is 13.5. The number of aromatic nitrogens is 1. The first kappa shape index (κ1) is 16.2. The highest BCUT2D eigenvalue weighted by molar-refractivity contribution is 7.89. The fourth-order valence-corrected chi connectivity index (χ4v) is 3.92. The Labute approximate surface area is 127 Å². The van der Waals surface area contributed by atoms with Gasteiger partial charge in [0.2, 0.25) is 10.0 Å². The Balaban J connectivity index is 2.04. The molecule has 0 spiro atoms. The number of nitrogens with zero attached hydrogens (tertiary/aromatic N) is 2. The van der Waals surface area contributed by atoms with Crippen LogP contribution in [-0.2, 0) is 10.0 Å². The lowest BCUT2D eigenvalue weighted by Gasteiger charge is -2.29. The molecule has 0 amide bonds. The number of rotatable bonds is 6. The highest BCUT2D eigenvalue weighted by Gasteiger charge is 2.22. The summed E-state index contributed by atoms with van der Waals surface area (Å²) in [5.41, 5.74) is 0.598. The number of hydrogen-bond donors (Lipinski definition) is 2. The molecular formula is C14H24N4O2S. The van der Waals surface area contributed by atoms with Crippen LogP contribution in [0.15, 0.2) is 23.4 Å². The molecule has 1 aliphatic rings. The molecule has 118 valence electrons. The first-order valence-electron chi connectivity index (χ1n) is 7.39. The van der Waals surface area contributed by atoms with E-state index >= 15 is 0 Å². The molecule has 1 aliphatic heterocycles. The molecule has 2 rings (SSSR count). The minimum Gasteiger partial charge on any atom is -0.384 e. The van der Waals surface area contributed by atoms with E-state index in [4.69, 9.17) is 0 Å². The summed E-state index contributed by atoms with van der Waals surface area (Å²) in [6, 6.07) is 1.69. The molecular weight excluding hydrogens is 288 g/mol. The van der Waals surface area contributed by atoms with Crippen molar-refractivity contribution in [3.05, 3.63) is 18.5 Å². The zero-order valence-electron chi connectivity index (χ0n) is 12.7. The number of piperidine rings is 1. The molecule has 7 heteroatoms. The van der Waals surface area contributed by atoms with Crippen LogP contribution in [0.4, 0.5) is 5.69 Å². The Morgan fingerprint density at radius 2 is 2.29 bits per heavy atom. The van der Waals surface area contributed by atoms with Crippen molar-refractivity contribution < 1.29 is 8.42 Å². The van der Waals surface area contributed by atoms with Crippen LogP contribution in [0.5, 0.6) is 0 Å². The molecule has 1 unspecified atom stereocenters. The zero-order chi connectivity index (χ0) is 15.3. The Morgan fingerprint density at radius 1 is 1.48 bits per heavy atom. The van der Waals surface area contributed by atoms with Crippen molar-refractivity contribution in [1.29, 1.82) is 0 Å². The summed E-state index contributed by atoms with van der Waals surface area (Å²) < 4.78 is 27.6. The molecule has 1 saturated heterocycles. The van der Waals surface area contributed by atoms with Gasteiger partial charge < -0.3 is 10.2 Å². The minimum absolute atomic E-state index is 0.219. The Bertz CT molecular complexity index is 562. The normalized spacial score (nSPS) is 20.4. The van der Waals surface area contributed by atoms with E-state index in [1.165, 1.54) is 6.20 Å². The lowest BCUT2D eigenvalue weighted by atomic mass is 9.99. The fraction of sp³-hybridized carbons (Fsp3) is 0.643. The second-order valence-electron chi connectivity index (χ2n) is 5.52. The van der Waals surface area contributed by atoms with Crippen molar-refractivity contribution in [2.24, 2.45) is 5.92 Å². The Kier molecular flexibility index (Phi) is 5.55. The van der Waals surface area contributed by atoms with E-state index in [2.05, 4.69) is 27.0 Å². The van der Waals surface area contributed by atoms with E-state index in [1.54, 1.807) is 12.3 Å². The highest BCUT2D eigenvalue weighted by atomic mass is 32.2. The second-order valence-corrected chi connectivity index (χ2v) is 7.26. The van der Waals surface area contributed by atoms with E-state index in [9.17, 15) is 8.42 Å². The van der Waals surface area contributed by atoms with Gasteiger partial charge in [-0.1, -0.05) is 0 Å². The number of likely N-dealkylation sites (tertiary alicyclic amines) is 1. The van der Waals surface area contributed by atoms with Crippen LogP contribution in [0.25, 0.3) is 0 Å². The first-order chi connectivity index (χ1) is 10.0. The molecule has 1 aromatic heterocycles. The molecule has 6 nitrogen and oxygen atoms in total. The van der Waals surface area contributed by atoms with E-state index in [0.29, 0.717) is 24.7 Å². The van der Waals surface area contributed by atoms with Gasteiger partial charge in [-0.15, -0.1) is 0 Å². The smallest absolute Gasteiger partial charge is 0.244 e. The SMILES string of the molecule is CCNc1ccncc1S(=O)(=O)NCC1CCCN(C)C1. The summed E-state index contributed by atoms with van der Waals surface area (Å²) in [4.78, 5) is 6.40. The largest absolute Gasteiger partial charge is 0.384 e. The van der Waals surface area contributed by atoms with Gasteiger partial charge in [0.05, 0.1) is 5.69 Å². The summed E-state index contributed by atoms with van der Waals surface area (Å²) in [6.45, 7) is 5.11. The van der Waals surface area contributed by atoms with Crippen LogP contribution >= 0.6 is 0 Å². The number of hydrogen-bond acceptors (Lipinski definition) is 5. The highest BCUT2D eigenvalue weighted by Crippen LogP contribution is 2.20. The van der Waals surface area contributed by atoms with Crippen LogP contribution < -0.4 is 10.0 Å². The van der Waals surface area contributed by atoms with Gasteiger partial charge in [-0.3, -0.25) is 4.98 Å². The molecule has 2 heterocycles. The van der Waals surface area contributed by atoms with Gasteiger partial charge in [0, 0.05) is 32.0 Å². The van der Waals surface area contributed by atoms with Gasteiger partial charge >= 0.3 is 0 Å². The van der Waals surface area contributed by atoms with Crippen molar-refractivity contribution in [3.63, 3.8) is 0 Å². The molecule has 1 atom stereocenters. The van der Waals surface area contributed by atoms with Gasteiger partial charge in [-0.25, -0.2) is 13.1 Å². The average Bonchev–Trinajstić information content (AvgIpc) is 2.46. The quantitative estimate of drug-likeness (QED) is 0.824. The predicted molar refractivity (Wildman–Crippen MR) is 83.8 cm³/mol. The lowest BCUT2D eigenvalue weighted by Crippen LogP contribution is -2.39. The fourth-order valence-electron chi connectivity index (χ4n) is 2.68. The van der Waals surface area contributed by atoms with E-state index in [0.717, 1.165) is 25.9 Å². The minimum atomic E-state index is -3.52. The van der Waals surface area contributed by atoms with Crippen molar-refractivity contribution in [1.82, 2.24) is 14.6 Å². The summed E-state index contributed by atoms with van der Waals surface area (Å²) >= 11 is 0. The van der Waals surface area contributed by atoms with E-state index in [-0.39, 0.29) is 4.90 Å². The van der Waals surface area contributed by atoms with E-state index < -0.39 is 10.0 Å².